The van der Waals surface area contributed by atoms with Crippen molar-refractivity contribution in [3.63, 3.8) is 0 Å². The summed E-state index contributed by atoms with van der Waals surface area (Å²) in [5.41, 5.74) is 30.4. The number of fused-ring (bicyclic) bond motifs is 3. The first-order valence-electron chi connectivity index (χ1n) is 37.5. The SMILES string of the molecule is C.CC(=O)c1ccc(CCn2c(-c3ccnc4[nH]ccc34)nc3cc(Cl)c(Cl)cc32)cc1.COC(=O)c1ccc(CCN)cc1.COC(=O)c1ccc(CCNc2cc(Cl)c(Cl)cc2N)cc1.COC(=O)c1ccc(CCNc2cc(Cl)c(Cl)cc2[N+](=O)[O-])cc1.Cl.Cl.NCCc1ccc(C(=O)O)cc1.O=Cc1ccnc2[nH]ccc12.O=[N+]([O-])c1cc(Cl)c(Cl)cc1F. The first-order valence-corrected chi connectivity index (χ1v) is 40.6. The maximum atomic E-state index is 12.7. The van der Waals surface area contributed by atoms with Crippen molar-refractivity contribution in [2.75, 3.05) is 63.9 Å². The minimum absolute atomic E-state index is 0. The van der Waals surface area contributed by atoms with E-state index >= 15 is 0 Å². The summed E-state index contributed by atoms with van der Waals surface area (Å²) in [6.07, 6.45) is 11.7. The number of hydrogen-bond donors (Lipinski definition) is 8. The Morgan fingerprint density at radius 1 is 0.500 bits per heavy atom. The number of hydrogen-bond acceptors (Lipinski definition) is 21. The molecule has 5 heterocycles. The molecule has 0 radical (unpaired) electrons. The van der Waals surface area contributed by atoms with Crippen LogP contribution in [0.2, 0.25) is 40.2 Å². The van der Waals surface area contributed by atoms with Gasteiger partial charge in [-0.3, -0.25) is 29.8 Å². The standard InChI is InChI=1S/C24H18Cl2N4O.C16H14Cl2N2O4.C16H16Cl2N2O2.C10H13NO2.C9H11NO2.C8H6N2O.C6H2Cl2FNO2.CH4.2ClH/c1-14(31)16-4-2-15(3-5-16)8-11-30-22-13-20(26)19(25)12-21(22)29-24(30)18-7-10-28-23-17(18)6-9-27-23;1-24-16(21)11-4-2-10(3-5-11)6-7-19-14-8-12(17)13(18)9-15(14)20(22)23;1-22-16(21)11-4-2-10(3-5-11)6-7-20-15-9-13(18)12(17)8-14(15)19;1-13-10(12)9-4-2-8(3-5-9)6-7-11;10-6-5-7-1-3-8(4-2-7)9(11)12;11-5-6-1-3-9-8-7(6)2-4-10-8;7-3-1-5(9)6(10(11)12)2-4(3)8;;;/h2-7,9-10,12-13H,8,11H2,1H3,(H,27,28);2-5,8-9,19H,6-7H2,1H3;2-5,8-9,20H,6-7,19H2,1H3;2-5H,6-7,11H2,1H3;1-4H,5-6,10H2,(H,11,12);1-5H,(H,9,10);1-2H;1H4;2*1H. The number of anilines is 3. The zero-order chi connectivity index (χ0) is 91.0. The molecule has 0 aliphatic carbocycles. The summed E-state index contributed by atoms with van der Waals surface area (Å²) in [5, 5.41) is 40.0. The number of pyridine rings is 2. The molecule has 0 saturated heterocycles. The van der Waals surface area contributed by atoms with Gasteiger partial charge >= 0.3 is 29.6 Å². The normalized spacial score (nSPS) is 10.2. The highest BCUT2D eigenvalue weighted by Crippen LogP contribution is 2.37. The molecule has 0 amide bonds. The van der Waals surface area contributed by atoms with Gasteiger partial charge in [0.1, 0.15) is 22.8 Å². The number of aldehydes is 1. The van der Waals surface area contributed by atoms with Gasteiger partial charge in [-0.2, -0.15) is 4.39 Å². The number of halogens is 11. The fraction of sp³-hybridized carbons (Fsp3) is 0.167. The Labute approximate surface area is 787 Å². The number of carbonyl (C=O) groups is 6. The minimum atomic E-state index is -0.991. The lowest BCUT2D eigenvalue weighted by molar-refractivity contribution is -0.387. The molecule has 14 rings (SSSR count). The van der Waals surface area contributed by atoms with Gasteiger partial charge in [-0.15, -0.1) is 24.8 Å². The van der Waals surface area contributed by atoms with E-state index in [-0.39, 0.29) is 75.7 Å². The summed E-state index contributed by atoms with van der Waals surface area (Å²) in [7, 11) is 4.06. The van der Waals surface area contributed by atoms with Crippen LogP contribution in [-0.2, 0) is 52.9 Å². The van der Waals surface area contributed by atoms with Crippen LogP contribution in [0, 0.1) is 26.0 Å². The number of nitrogens with one attached hydrogen (secondary N) is 4. The van der Waals surface area contributed by atoms with Crippen molar-refractivity contribution < 1.29 is 62.3 Å². The average Bonchev–Trinajstić information content (AvgIpc) is 1.61. The Balaban J connectivity index is 0.000000273. The lowest BCUT2D eigenvalue weighted by Crippen LogP contribution is -2.07. The van der Waals surface area contributed by atoms with Crippen LogP contribution in [0.5, 0.6) is 0 Å². The number of rotatable bonds is 24. The van der Waals surface area contributed by atoms with E-state index in [1.807, 2.05) is 79.0 Å². The molecule has 5 aromatic heterocycles. The number of ketones is 1. The molecule has 0 aliphatic rings. The van der Waals surface area contributed by atoms with Crippen LogP contribution in [0.1, 0.15) is 104 Å². The summed E-state index contributed by atoms with van der Waals surface area (Å²) in [4.78, 5) is 105. The number of esters is 3. The van der Waals surface area contributed by atoms with Gasteiger partial charge in [0.25, 0.3) is 5.69 Å². The van der Waals surface area contributed by atoms with Crippen LogP contribution in [-0.4, -0.2) is 128 Å². The van der Waals surface area contributed by atoms with E-state index in [4.69, 9.17) is 120 Å². The third-order valence-electron chi connectivity index (χ3n) is 18.3. The number of carboxylic acids is 1. The van der Waals surface area contributed by atoms with Crippen molar-refractivity contribution in [3.8, 4) is 11.4 Å². The van der Waals surface area contributed by atoms with Gasteiger partial charge in [0.05, 0.1) is 116 Å². The van der Waals surface area contributed by atoms with E-state index in [0.717, 1.165) is 122 Å². The largest absolute Gasteiger partial charge is 0.478 e. The van der Waals surface area contributed by atoms with E-state index in [1.165, 1.54) is 33.5 Å². The number of benzene rings is 9. The van der Waals surface area contributed by atoms with E-state index in [0.29, 0.717) is 104 Å². The van der Waals surface area contributed by atoms with Crippen LogP contribution >= 0.6 is 118 Å². The Hall–Kier alpha value is -12.0. The zero-order valence-corrected chi connectivity index (χ0v) is 75.5. The molecule has 128 heavy (non-hydrogen) atoms. The highest BCUT2D eigenvalue weighted by atomic mass is 35.5. The number of aromatic amines is 2. The summed E-state index contributed by atoms with van der Waals surface area (Å²) in [5.74, 6) is -2.03. The molecule has 9 aromatic carbocycles. The second kappa shape index (κ2) is 53.0. The smallest absolute Gasteiger partial charge is 0.337 e. The minimum Gasteiger partial charge on any atom is -0.478 e. The van der Waals surface area contributed by atoms with Crippen molar-refractivity contribution in [2.24, 2.45) is 11.5 Å². The Morgan fingerprint density at radius 3 is 1.34 bits per heavy atom. The van der Waals surface area contributed by atoms with Crippen molar-refractivity contribution in [2.45, 2.75) is 53.0 Å². The molecule has 0 bridgehead atoms. The summed E-state index contributed by atoms with van der Waals surface area (Å²) in [6.45, 7) is 4.61. The third-order valence-corrected chi connectivity index (χ3v) is 21.1. The number of nitrogens with two attached hydrogens (primary N) is 3. The predicted octanol–water partition coefficient (Wildman–Crippen LogP) is 22.4. The molecule has 27 nitrogen and oxygen atoms in total. The third kappa shape index (κ3) is 30.9. The Morgan fingerprint density at radius 2 is 0.883 bits per heavy atom. The Bertz CT molecular complexity index is 6120. The number of aryl methyl sites for hydroxylation is 2. The number of nitro groups is 2. The van der Waals surface area contributed by atoms with Gasteiger partial charge in [-0.1, -0.05) is 173 Å². The molecule has 0 aliphatic heterocycles. The van der Waals surface area contributed by atoms with E-state index in [2.05, 4.69) is 49.3 Å². The molecular formula is C90H86Cl10FN13O14. The van der Waals surface area contributed by atoms with Gasteiger partial charge in [0, 0.05) is 90.1 Å². The first-order chi connectivity index (χ1) is 59.9. The predicted molar refractivity (Wildman–Crippen MR) is 511 cm³/mol. The van der Waals surface area contributed by atoms with Gasteiger partial charge < -0.3 is 61.7 Å². The lowest BCUT2D eigenvalue weighted by atomic mass is 10.1. The number of Topliss-reactive ketones (excluding diaryl/α,β-unsaturated/α-hetero) is 1. The number of aromatic carboxylic acids is 1. The number of nitro benzene ring substituents is 2. The van der Waals surface area contributed by atoms with Crippen LogP contribution < -0.4 is 27.8 Å². The van der Waals surface area contributed by atoms with Crippen molar-refractivity contribution in [3.05, 3.63) is 346 Å². The summed E-state index contributed by atoms with van der Waals surface area (Å²) >= 11 is 47.0. The van der Waals surface area contributed by atoms with Gasteiger partial charge in [-0.25, -0.2) is 34.1 Å². The highest BCUT2D eigenvalue weighted by Gasteiger charge is 2.21. The zero-order valence-electron chi connectivity index (χ0n) is 67.8. The molecule has 0 spiro atoms. The number of nitrogen functional groups attached to an aromatic ring is 1. The topological polar surface area (TPSA) is 414 Å². The van der Waals surface area contributed by atoms with Crippen LogP contribution in [0.3, 0.4) is 0 Å². The van der Waals surface area contributed by atoms with Gasteiger partial charge in [0.2, 0.25) is 5.82 Å². The number of nitrogens with zero attached hydrogens (tertiary/aromatic N) is 6. The average molecular weight is 1950 g/mol. The molecule has 11 N–H and O–H groups in total. The van der Waals surface area contributed by atoms with Crippen molar-refractivity contribution >= 4 is 215 Å². The highest BCUT2D eigenvalue weighted by molar-refractivity contribution is 6.44. The number of ether oxygens (including phenoxy) is 3. The number of methoxy groups -OCH3 is 3. The van der Waals surface area contributed by atoms with Crippen LogP contribution in [0.4, 0.5) is 32.8 Å². The maximum absolute atomic E-state index is 12.7. The molecule has 0 unspecified atom stereocenters. The molecule has 38 heteroatoms. The summed E-state index contributed by atoms with van der Waals surface area (Å²) < 4.78 is 28.7. The quantitative estimate of drug-likeness (QED) is 0.00407. The fourth-order valence-electron chi connectivity index (χ4n) is 11.7. The van der Waals surface area contributed by atoms with E-state index < -0.39 is 33.3 Å². The summed E-state index contributed by atoms with van der Waals surface area (Å²) in [6, 6.07) is 54.8. The molecule has 672 valence electrons. The van der Waals surface area contributed by atoms with Gasteiger partial charge in [0.15, 0.2) is 12.1 Å². The number of carbonyl (C=O) groups excluding carboxylic acids is 5. The lowest BCUT2D eigenvalue weighted by Gasteiger charge is -2.11. The van der Waals surface area contributed by atoms with Crippen LogP contribution in [0.15, 0.2) is 219 Å². The van der Waals surface area contributed by atoms with E-state index in [1.54, 1.807) is 123 Å². The second-order valence-corrected chi connectivity index (χ2v) is 29.8. The molecule has 0 atom stereocenters. The number of carboxylic acid groups (broad SMARTS) is 1. The second-order valence-electron chi connectivity index (χ2n) is 26.6. The molecule has 0 fully saturated rings. The van der Waals surface area contributed by atoms with Crippen molar-refractivity contribution in [1.29, 1.82) is 0 Å². The van der Waals surface area contributed by atoms with Gasteiger partial charge in [-0.05, 0) is 183 Å². The molecular weight excluding hydrogens is 1860 g/mol. The molecule has 14 aromatic rings. The first kappa shape index (κ1) is 107. The monoisotopic (exact) mass is 1940 g/mol. The van der Waals surface area contributed by atoms with Crippen LogP contribution in [0.25, 0.3) is 44.5 Å². The number of imidazole rings is 1. The number of aromatic nitrogens is 6. The van der Waals surface area contributed by atoms with E-state index in [9.17, 15) is 53.4 Å². The maximum Gasteiger partial charge on any atom is 0.337 e. The molecule has 0 saturated carbocycles. The van der Waals surface area contributed by atoms with Crippen molar-refractivity contribution in [1.82, 2.24) is 29.5 Å². The Kier molecular flexibility index (Phi) is 44.1. The fourth-order valence-corrected chi connectivity index (χ4v) is 13.0. The number of H-pyrrole nitrogens is 2.